The molecule has 2 atom stereocenters. The van der Waals surface area contributed by atoms with Gasteiger partial charge in [0.2, 0.25) is 0 Å². The fraction of sp³-hybridized carbons (Fsp3) is 1.00. The molecule has 2 N–H and O–H groups in total. The Morgan fingerprint density at radius 3 is 2.20 bits per heavy atom. The highest BCUT2D eigenvalue weighted by Gasteiger charge is 2.36. The highest BCUT2D eigenvalue weighted by molar-refractivity contribution is 4.87. The van der Waals surface area contributed by atoms with Crippen molar-refractivity contribution in [2.75, 3.05) is 6.54 Å². The largest absolute Gasteiger partial charge is 0.330 e. The standard InChI is InChI=1S/C9H17N/c10-6-7-4-8-2-1-3-9(8)5-7/h7-9H,1-6,10H2. The van der Waals surface area contributed by atoms with Crippen LogP contribution in [0, 0.1) is 17.8 Å². The average Bonchev–Trinajstić information content (AvgIpc) is 2.42. The lowest BCUT2D eigenvalue weighted by Crippen LogP contribution is -2.11. The van der Waals surface area contributed by atoms with E-state index in [1.54, 1.807) is 0 Å². The van der Waals surface area contributed by atoms with Gasteiger partial charge in [-0.05, 0) is 37.1 Å². The first-order valence-corrected chi connectivity index (χ1v) is 4.60. The molecular formula is C9H17N. The van der Waals surface area contributed by atoms with Gasteiger partial charge in [-0.1, -0.05) is 19.3 Å². The van der Waals surface area contributed by atoms with E-state index in [9.17, 15) is 0 Å². The Morgan fingerprint density at radius 1 is 1.10 bits per heavy atom. The summed E-state index contributed by atoms with van der Waals surface area (Å²) < 4.78 is 0. The molecule has 0 heterocycles. The van der Waals surface area contributed by atoms with E-state index in [0.717, 1.165) is 24.3 Å². The van der Waals surface area contributed by atoms with Crippen LogP contribution in [-0.2, 0) is 0 Å². The topological polar surface area (TPSA) is 26.0 Å². The second kappa shape index (κ2) is 2.54. The Kier molecular flexibility index (Phi) is 1.69. The molecule has 2 aliphatic carbocycles. The van der Waals surface area contributed by atoms with E-state index in [1.807, 2.05) is 0 Å². The summed E-state index contributed by atoms with van der Waals surface area (Å²) in [4.78, 5) is 0. The van der Waals surface area contributed by atoms with Crippen LogP contribution < -0.4 is 5.73 Å². The van der Waals surface area contributed by atoms with Crippen molar-refractivity contribution in [3.05, 3.63) is 0 Å². The zero-order chi connectivity index (χ0) is 6.97. The fourth-order valence-corrected chi connectivity index (χ4v) is 2.88. The summed E-state index contributed by atoms with van der Waals surface area (Å²) in [5.74, 6) is 3.04. The Labute approximate surface area is 63.0 Å². The third kappa shape index (κ3) is 0.968. The summed E-state index contributed by atoms with van der Waals surface area (Å²) in [5, 5.41) is 0. The first-order valence-electron chi connectivity index (χ1n) is 4.60. The molecule has 0 aromatic carbocycles. The van der Waals surface area contributed by atoms with E-state index < -0.39 is 0 Å². The fourth-order valence-electron chi connectivity index (χ4n) is 2.88. The van der Waals surface area contributed by atoms with Crippen LogP contribution in [0.1, 0.15) is 32.1 Å². The first-order chi connectivity index (χ1) is 4.90. The van der Waals surface area contributed by atoms with Gasteiger partial charge >= 0.3 is 0 Å². The number of fused-ring (bicyclic) bond motifs is 1. The van der Waals surface area contributed by atoms with Gasteiger partial charge in [-0.2, -0.15) is 0 Å². The van der Waals surface area contributed by atoms with Crippen LogP contribution in [0.25, 0.3) is 0 Å². The van der Waals surface area contributed by atoms with Crippen molar-refractivity contribution >= 4 is 0 Å². The molecule has 0 aromatic heterocycles. The van der Waals surface area contributed by atoms with Gasteiger partial charge in [0.1, 0.15) is 0 Å². The maximum absolute atomic E-state index is 5.64. The highest BCUT2D eigenvalue weighted by Crippen LogP contribution is 2.46. The van der Waals surface area contributed by atoms with Gasteiger partial charge in [-0.15, -0.1) is 0 Å². The molecule has 0 radical (unpaired) electrons. The van der Waals surface area contributed by atoms with E-state index in [1.165, 1.54) is 32.1 Å². The van der Waals surface area contributed by atoms with Crippen LogP contribution in [0.4, 0.5) is 0 Å². The number of rotatable bonds is 1. The van der Waals surface area contributed by atoms with Crippen molar-refractivity contribution in [2.45, 2.75) is 32.1 Å². The molecule has 2 aliphatic rings. The van der Waals surface area contributed by atoms with Gasteiger partial charge < -0.3 is 5.73 Å². The minimum atomic E-state index is 0.885. The predicted octanol–water partition coefficient (Wildman–Crippen LogP) is 1.77. The molecule has 0 amide bonds. The summed E-state index contributed by atoms with van der Waals surface area (Å²) in [7, 11) is 0. The molecule has 0 aliphatic heterocycles. The van der Waals surface area contributed by atoms with Crippen LogP contribution >= 0.6 is 0 Å². The monoisotopic (exact) mass is 139 g/mol. The van der Waals surface area contributed by atoms with Gasteiger partial charge in [0.05, 0.1) is 0 Å². The Bertz CT molecular complexity index is 110. The highest BCUT2D eigenvalue weighted by atomic mass is 14.6. The molecule has 1 heteroatoms. The molecule has 0 saturated heterocycles. The molecule has 10 heavy (non-hydrogen) atoms. The normalized spacial score (nSPS) is 45.9. The minimum absolute atomic E-state index is 0.885. The Morgan fingerprint density at radius 2 is 1.70 bits per heavy atom. The van der Waals surface area contributed by atoms with Gasteiger partial charge in [-0.25, -0.2) is 0 Å². The quantitative estimate of drug-likeness (QED) is 0.588. The van der Waals surface area contributed by atoms with Crippen molar-refractivity contribution in [1.29, 1.82) is 0 Å². The van der Waals surface area contributed by atoms with E-state index >= 15 is 0 Å². The number of hydrogen-bond donors (Lipinski definition) is 1. The maximum Gasteiger partial charge on any atom is -0.00487 e. The molecule has 58 valence electrons. The van der Waals surface area contributed by atoms with Crippen LogP contribution in [0.2, 0.25) is 0 Å². The molecular weight excluding hydrogens is 122 g/mol. The lowest BCUT2D eigenvalue weighted by atomic mass is 10.0. The summed E-state index contributed by atoms with van der Waals surface area (Å²) in [6.07, 6.45) is 7.39. The van der Waals surface area contributed by atoms with Crippen LogP contribution in [0.3, 0.4) is 0 Å². The third-order valence-corrected chi connectivity index (χ3v) is 3.42. The summed E-state index contributed by atoms with van der Waals surface area (Å²) in [5.41, 5.74) is 5.64. The zero-order valence-corrected chi connectivity index (χ0v) is 6.55. The third-order valence-electron chi connectivity index (χ3n) is 3.42. The van der Waals surface area contributed by atoms with E-state index in [2.05, 4.69) is 0 Å². The SMILES string of the molecule is NCC1CC2CCCC2C1. The molecule has 1 nitrogen and oxygen atoms in total. The van der Waals surface area contributed by atoms with Crippen molar-refractivity contribution in [3.8, 4) is 0 Å². The molecule has 2 rings (SSSR count). The second-order valence-electron chi connectivity index (χ2n) is 4.02. The average molecular weight is 139 g/mol. The molecule has 0 aromatic rings. The van der Waals surface area contributed by atoms with Crippen molar-refractivity contribution < 1.29 is 0 Å². The van der Waals surface area contributed by atoms with Crippen molar-refractivity contribution in [2.24, 2.45) is 23.5 Å². The lowest BCUT2D eigenvalue weighted by molar-refractivity contribution is 0.457. The molecule has 0 bridgehead atoms. The summed E-state index contributed by atoms with van der Waals surface area (Å²) in [6, 6.07) is 0. The minimum Gasteiger partial charge on any atom is -0.330 e. The van der Waals surface area contributed by atoms with Crippen molar-refractivity contribution in [3.63, 3.8) is 0 Å². The van der Waals surface area contributed by atoms with Gasteiger partial charge in [0.15, 0.2) is 0 Å². The Hall–Kier alpha value is -0.0400. The Balaban J connectivity index is 1.94. The number of nitrogens with two attached hydrogens (primary N) is 1. The zero-order valence-electron chi connectivity index (χ0n) is 6.55. The van der Waals surface area contributed by atoms with E-state index in [4.69, 9.17) is 5.73 Å². The lowest BCUT2D eigenvalue weighted by Gasteiger charge is -2.05. The van der Waals surface area contributed by atoms with Gasteiger partial charge in [-0.3, -0.25) is 0 Å². The maximum atomic E-state index is 5.64. The van der Waals surface area contributed by atoms with Gasteiger partial charge in [0.25, 0.3) is 0 Å². The number of hydrogen-bond acceptors (Lipinski definition) is 1. The molecule has 2 fully saturated rings. The van der Waals surface area contributed by atoms with Crippen molar-refractivity contribution in [1.82, 2.24) is 0 Å². The molecule has 2 saturated carbocycles. The molecule has 2 unspecified atom stereocenters. The van der Waals surface area contributed by atoms with Gasteiger partial charge in [0, 0.05) is 0 Å². The smallest absolute Gasteiger partial charge is 0.00487 e. The van der Waals surface area contributed by atoms with Crippen LogP contribution in [0.5, 0.6) is 0 Å². The van der Waals surface area contributed by atoms with Crippen LogP contribution in [0.15, 0.2) is 0 Å². The van der Waals surface area contributed by atoms with Crippen LogP contribution in [-0.4, -0.2) is 6.54 Å². The first kappa shape index (κ1) is 6.66. The summed E-state index contributed by atoms with van der Waals surface area (Å²) >= 11 is 0. The predicted molar refractivity (Wildman–Crippen MR) is 42.6 cm³/mol. The van der Waals surface area contributed by atoms with E-state index in [-0.39, 0.29) is 0 Å². The summed E-state index contributed by atoms with van der Waals surface area (Å²) in [6.45, 7) is 0.938. The molecule has 0 spiro atoms. The second-order valence-corrected chi connectivity index (χ2v) is 4.02. The van der Waals surface area contributed by atoms with E-state index in [0.29, 0.717) is 0 Å².